The molecule has 3 rings (SSSR count). The van der Waals surface area contributed by atoms with Gasteiger partial charge in [0.1, 0.15) is 23.0 Å². The monoisotopic (exact) mass is 461 g/mol. The lowest BCUT2D eigenvalue weighted by Gasteiger charge is -2.10. The smallest absolute Gasteiger partial charge is 0.329 e. The first-order valence-corrected chi connectivity index (χ1v) is 9.58. The number of hydrogen-bond acceptors (Lipinski definition) is 6. The fourth-order valence-electron chi connectivity index (χ4n) is 2.51. The zero-order valence-electron chi connectivity index (χ0n) is 16.4. The Morgan fingerprint density at radius 2 is 1.77 bits per heavy atom. The van der Waals surface area contributed by atoms with E-state index >= 15 is 0 Å². The lowest BCUT2D eigenvalue weighted by Crippen LogP contribution is -2.32. The van der Waals surface area contributed by atoms with Gasteiger partial charge in [-0.25, -0.2) is 5.43 Å². The Hall–Kier alpha value is -3.49. The third kappa shape index (κ3) is 5.56. The Morgan fingerprint density at radius 1 is 0.968 bits per heavy atom. The van der Waals surface area contributed by atoms with Crippen LogP contribution in [0.2, 0.25) is 10.0 Å². The van der Waals surface area contributed by atoms with Crippen molar-refractivity contribution in [2.45, 2.75) is 0 Å². The van der Waals surface area contributed by atoms with E-state index in [9.17, 15) is 9.59 Å². The maximum absolute atomic E-state index is 12.1. The van der Waals surface area contributed by atoms with Gasteiger partial charge in [0.2, 0.25) is 0 Å². The highest BCUT2D eigenvalue weighted by molar-refractivity contribution is 6.42. The van der Waals surface area contributed by atoms with Gasteiger partial charge in [-0.15, -0.1) is 0 Å². The summed E-state index contributed by atoms with van der Waals surface area (Å²) >= 11 is 11.9. The van der Waals surface area contributed by atoms with Crippen LogP contribution in [-0.2, 0) is 9.59 Å². The molecule has 0 spiro atoms. The molecule has 0 saturated heterocycles. The number of methoxy groups -OCH3 is 2. The lowest BCUT2D eigenvalue weighted by molar-refractivity contribution is -0.136. The predicted octanol–water partition coefficient (Wildman–Crippen LogP) is 4.36. The molecule has 2 aromatic carbocycles. The van der Waals surface area contributed by atoms with Gasteiger partial charge < -0.3 is 19.2 Å². The maximum Gasteiger partial charge on any atom is 0.329 e. The van der Waals surface area contributed by atoms with E-state index in [2.05, 4.69) is 15.8 Å². The molecule has 8 nitrogen and oxygen atoms in total. The number of rotatable bonds is 6. The molecular weight excluding hydrogens is 445 g/mol. The average Bonchev–Trinajstić information content (AvgIpc) is 3.24. The molecule has 1 aromatic heterocycles. The van der Waals surface area contributed by atoms with Crippen LogP contribution in [0.25, 0.3) is 11.3 Å². The third-order valence-corrected chi connectivity index (χ3v) is 4.79. The Balaban J connectivity index is 1.60. The SMILES string of the molecule is COc1ccc(NC(=O)C(=O)N/N=C/c2ccc(-c3ccc(Cl)c(Cl)c3)o2)c(OC)c1. The summed E-state index contributed by atoms with van der Waals surface area (Å²) in [6, 6.07) is 13.2. The second-order valence-corrected chi connectivity index (χ2v) is 6.86. The Morgan fingerprint density at radius 3 is 2.48 bits per heavy atom. The molecule has 0 radical (unpaired) electrons. The van der Waals surface area contributed by atoms with Crippen molar-refractivity contribution in [3.63, 3.8) is 0 Å². The molecule has 10 heteroatoms. The number of halogens is 2. The quantitative estimate of drug-likeness (QED) is 0.322. The van der Waals surface area contributed by atoms with Crippen LogP contribution in [0.4, 0.5) is 5.69 Å². The minimum absolute atomic E-state index is 0.310. The fraction of sp³-hybridized carbons (Fsp3) is 0.0952. The van der Waals surface area contributed by atoms with E-state index in [4.69, 9.17) is 37.1 Å². The van der Waals surface area contributed by atoms with Crippen LogP contribution in [0.3, 0.4) is 0 Å². The third-order valence-electron chi connectivity index (χ3n) is 4.05. The highest BCUT2D eigenvalue weighted by Crippen LogP contribution is 2.30. The molecular formula is C21H17Cl2N3O5. The summed E-state index contributed by atoms with van der Waals surface area (Å²) in [6.07, 6.45) is 1.26. The number of ether oxygens (including phenoxy) is 2. The summed E-state index contributed by atoms with van der Waals surface area (Å²) in [5, 5.41) is 7.02. The number of anilines is 1. The van der Waals surface area contributed by atoms with Crippen molar-refractivity contribution in [3.05, 3.63) is 64.3 Å². The van der Waals surface area contributed by atoms with Crippen LogP contribution in [0.15, 0.2) is 58.0 Å². The summed E-state index contributed by atoms with van der Waals surface area (Å²) in [6.45, 7) is 0. The van der Waals surface area contributed by atoms with Crippen LogP contribution in [-0.4, -0.2) is 32.2 Å². The molecule has 0 bridgehead atoms. The molecule has 2 N–H and O–H groups in total. The van der Waals surface area contributed by atoms with Crippen molar-refractivity contribution in [2.24, 2.45) is 5.10 Å². The van der Waals surface area contributed by atoms with Crippen molar-refractivity contribution in [2.75, 3.05) is 19.5 Å². The number of hydrazone groups is 1. The zero-order chi connectivity index (χ0) is 22.4. The van der Waals surface area contributed by atoms with Gasteiger partial charge in [-0.05, 0) is 42.5 Å². The van der Waals surface area contributed by atoms with Crippen LogP contribution in [0.1, 0.15) is 5.76 Å². The number of hydrogen-bond donors (Lipinski definition) is 2. The topological polar surface area (TPSA) is 102 Å². The molecule has 0 aliphatic rings. The molecule has 2 amide bonds. The summed E-state index contributed by atoms with van der Waals surface area (Å²) in [5.74, 6) is -0.103. The van der Waals surface area contributed by atoms with Gasteiger partial charge in [0.15, 0.2) is 0 Å². The van der Waals surface area contributed by atoms with Crippen molar-refractivity contribution in [3.8, 4) is 22.8 Å². The van der Waals surface area contributed by atoms with Crippen LogP contribution in [0.5, 0.6) is 11.5 Å². The van der Waals surface area contributed by atoms with Crippen LogP contribution < -0.4 is 20.2 Å². The standard InChI is InChI=1S/C21H17Cl2N3O5/c1-29-13-4-7-17(19(10-13)30-2)25-20(27)21(28)26-24-11-14-5-8-18(31-14)12-3-6-15(22)16(23)9-12/h3-11H,1-2H3,(H,25,27)(H,26,28)/b24-11+. The van der Waals surface area contributed by atoms with Crippen molar-refractivity contribution < 1.29 is 23.5 Å². The van der Waals surface area contributed by atoms with E-state index in [0.717, 1.165) is 5.56 Å². The summed E-state index contributed by atoms with van der Waals surface area (Å²) in [5.41, 5.74) is 3.17. The number of nitrogens with one attached hydrogen (secondary N) is 2. The number of benzene rings is 2. The Bertz CT molecular complexity index is 1140. The van der Waals surface area contributed by atoms with E-state index in [1.54, 1.807) is 48.5 Å². The molecule has 3 aromatic rings. The highest BCUT2D eigenvalue weighted by atomic mass is 35.5. The van der Waals surface area contributed by atoms with Gasteiger partial charge in [0.05, 0.1) is 36.2 Å². The van der Waals surface area contributed by atoms with Gasteiger partial charge in [0, 0.05) is 11.6 Å². The number of amides is 2. The first kappa shape index (κ1) is 22.2. The van der Waals surface area contributed by atoms with Crippen LogP contribution in [0, 0.1) is 0 Å². The van der Waals surface area contributed by atoms with Gasteiger partial charge in [0.25, 0.3) is 0 Å². The lowest BCUT2D eigenvalue weighted by atomic mass is 10.2. The summed E-state index contributed by atoms with van der Waals surface area (Å²) in [4.78, 5) is 24.1. The Labute approximate surface area is 187 Å². The second kappa shape index (κ2) is 10.0. The van der Waals surface area contributed by atoms with Crippen molar-refractivity contribution in [1.29, 1.82) is 0 Å². The molecule has 0 fully saturated rings. The van der Waals surface area contributed by atoms with Gasteiger partial charge >= 0.3 is 11.8 Å². The van der Waals surface area contributed by atoms with E-state index in [-0.39, 0.29) is 0 Å². The number of nitrogens with zero attached hydrogens (tertiary/aromatic N) is 1. The number of carbonyl (C=O) groups excluding carboxylic acids is 2. The zero-order valence-corrected chi connectivity index (χ0v) is 18.0. The summed E-state index contributed by atoms with van der Waals surface area (Å²) < 4.78 is 15.9. The number of furan rings is 1. The van der Waals surface area contributed by atoms with Crippen molar-refractivity contribution >= 4 is 46.9 Å². The molecule has 0 aliphatic carbocycles. The minimum atomic E-state index is -0.967. The summed E-state index contributed by atoms with van der Waals surface area (Å²) in [7, 11) is 2.94. The van der Waals surface area contributed by atoms with E-state index in [0.29, 0.717) is 38.8 Å². The maximum atomic E-state index is 12.1. The average molecular weight is 462 g/mol. The highest BCUT2D eigenvalue weighted by Gasteiger charge is 2.16. The minimum Gasteiger partial charge on any atom is -0.497 e. The Kier molecular flexibility index (Phi) is 7.17. The molecule has 160 valence electrons. The molecule has 1 heterocycles. The molecule has 0 aliphatic heterocycles. The normalized spacial score (nSPS) is 10.7. The molecule has 31 heavy (non-hydrogen) atoms. The van der Waals surface area contributed by atoms with Gasteiger partial charge in [-0.2, -0.15) is 5.10 Å². The largest absolute Gasteiger partial charge is 0.497 e. The molecule has 0 saturated carbocycles. The molecule has 0 atom stereocenters. The van der Waals surface area contributed by atoms with E-state index in [1.807, 2.05) is 0 Å². The number of carbonyl (C=O) groups is 2. The first-order chi connectivity index (χ1) is 14.9. The van der Waals surface area contributed by atoms with Gasteiger partial charge in [-0.1, -0.05) is 23.2 Å². The van der Waals surface area contributed by atoms with E-state index in [1.165, 1.54) is 20.4 Å². The predicted molar refractivity (Wildman–Crippen MR) is 118 cm³/mol. The fourth-order valence-corrected chi connectivity index (χ4v) is 2.81. The van der Waals surface area contributed by atoms with E-state index < -0.39 is 11.8 Å². The molecule has 0 unspecified atom stereocenters. The van der Waals surface area contributed by atoms with Crippen LogP contribution >= 0.6 is 23.2 Å². The van der Waals surface area contributed by atoms with Gasteiger partial charge in [-0.3, -0.25) is 9.59 Å². The van der Waals surface area contributed by atoms with Crippen molar-refractivity contribution in [1.82, 2.24) is 5.43 Å². The first-order valence-electron chi connectivity index (χ1n) is 8.83. The second-order valence-electron chi connectivity index (χ2n) is 6.05.